The monoisotopic (exact) mass is 206 g/mol. The molecule has 0 bridgehead atoms. The average molecular weight is 206 g/mol. The third-order valence-electron chi connectivity index (χ3n) is 2.55. The summed E-state index contributed by atoms with van der Waals surface area (Å²) in [6, 6.07) is -0.0652. The molecule has 1 fully saturated rings. The van der Waals surface area contributed by atoms with Crippen LogP contribution in [0.25, 0.3) is 0 Å². The van der Waals surface area contributed by atoms with Crippen molar-refractivity contribution in [3.05, 3.63) is 18.2 Å². The van der Waals surface area contributed by atoms with Crippen LogP contribution >= 0.6 is 0 Å². The lowest BCUT2D eigenvalue weighted by atomic mass is 10.2. The van der Waals surface area contributed by atoms with Crippen molar-refractivity contribution in [3.63, 3.8) is 0 Å². The van der Waals surface area contributed by atoms with E-state index in [4.69, 9.17) is 0 Å². The fourth-order valence-corrected chi connectivity index (χ4v) is 1.64. The Labute approximate surface area is 88.3 Å². The third-order valence-corrected chi connectivity index (χ3v) is 2.55. The topological polar surface area (TPSA) is 66.9 Å². The highest BCUT2D eigenvalue weighted by Gasteiger charge is 2.22. The molecule has 1 aliphatic rings. The van der Waals surface area contributed by atoms with Crippen LogP contribution in [0.4, 0.5) is 5.69 Å². The Hall–Kier alpha value is -1.49. The van der Waals surface area contributed by atoms with Gasteiger partial charge in [-0.1, -0.05) is 0 Å². The van der Waals surface area contributed by atoms with Gasteiger partial charge in [-0.15, -0.1) is 0 Å². The van der Waals surface area contributed by atoms with Crippen molar-refractivity contribution in [2.45, 2.75) is 25.8 Å². The van der Waals surface area contributed by atoms with Gasteiger partial charge < -0.3 is 10.6 Å². The zero-order chi connectivity index (χ0) is 10.7. The molecule has 1 amide bonds. The number of hydrogen-bond donors (Lipinski definition) is 2. The molecule has 5 nitrogen and oxygen atoms in total. The van der Waals surface area contributed by atoms with E-state index in [1.54, 1.807) is 6.20 Å². The zero-order valence-electron chi connectivity index (χ0n) is 8.66. The molecule has 5 heteroatoms. The first-order valence-electron chi connectivity index (χ1n) is 5.08. The quantitative estimate of drug-likeness (QED) is 0.738. The van der Waals surface area contributed by atoms with Crippen molar-refractivity contribution in [2.75, 3.05) is 11.9 Å². The molecule has 15 heavy (non-hydrogen) atoms. The van der Waals surface area contributed by atoms with Crippen LogP contribution in [0.5, 0.6) is 0 Å². The molecule has 0 aromatic carbocycles. The molecule has 0 aliphatic carbocycles. The summed E-state index contributed by atoms with van der Waals surface area (Å²) in [7, 11) is 0. The van der Waals surface area contributed by atoms with Crippen LogP contribution in [0.1, 0.15) is 18.5 Å². The largest absolute Gasteiger partial charge is 0.322 e. The van der Waals surface area contributed by atoms with E-state index in [-0.39, 0.29) is 11.9 Å². The summed E-state index contributed by atoms with van der Waals surface area (Å²) in [5, 5.41) is 5.97. The minimum Gasteiger partial charge on any atom is -0.322 e. The van der Waals surface area contributed by atoms with Crippen LogP contribution in [0, 0.1) is 6.92 Å². The number of anilines is 1. The standard InChI is InChI=1S/C10H14N4O/c1-7-9(5-11-6-13-7)14-10(15)8-3-2-4-12-8/h5-6,8,12H,2-4H2,1H3,(H,14,15)/t8-/m0/s1. The number of aryl methyl sites for hydroxylation is 1. The second-order valence-electron chi connectivity index (χ2n) is 3.66. The molecule has 1 saturated heterocycles. The molecule has 1 aromatic heterocycles. The fourth-order valence-electron chi connectivity index (χ4n) is 1.64. The fraction of sp³-hybridized carbons (Fsp3) is 0.500. The Balaban J connectivity index is 2.02. The number of carbonyl (C=O) groups excluding carboxylic acids is 1. The van der Waals surface area contributed by atoms with Gasteiger partial charge in [-0.05, 0) is 26.3 Å². The second kappa shape index (κ2) is 4.35. The van der Waals surface area contributed by atoms with Gasteiger partial charge in [-0.3, -0.25) is 4.79 Å². The smallest absolute Gasteiger partial charge is 0.241 e. The highest BCUT2D eigenvalue weighted by Crippen LogP contribution is 2.11. The van der Waals surface area contributed by atoms with Crippen molar-refractivity contribution < 1.29 is 4.79 Å². The number of nitrogens with one attached hydrogen (secondary N) is 2. The molecule has 1 aliphatic heterocycles. The van der Waals surface area contributed by atoms with Crippen LogP contribution in [0.3, 0.4) is 0 Å². The van der Waals surface area contributed by atoms with E-state index in [9.17, 15) is 4.79 Å². The maximum Gasteiger partial charge on any atom is 0.241 e. The molecule has 1 atom stereocenters. The van der Waals surface area contributed by atoms with Crippen molar-refractivity contribution in [2.24, 2.45) is 0 Å². The van der Waals surface area contributed by atoms with Gasteiger partial charge >= 0.3 is 0 Å². The normalized spacial score (nSPS) is 20.2. The van der Waals surface area contributed by atoms with Crippen LogP contribution in [-0.4, -0.2) is 28.5 Å². The highest BCUT2D eigenvalue weighted by molar-refractivity contribution is 5.95. The molecular formula is C10H14N4O. The lowest BCUT2D eigenvalue weighted by Gasteiger charge is -2.11. The second-order valence-corrected chi connectivity index (χ2v) is 3.66. The summed E-state index contributed by atoms with van der Waals surface area (Å²) in [5.41, 5.74) is 1.48. The van der Waals surface area contributed by atoms with Gasteiger partial charge in [0.15, 0.2) is 0 Å². The Morgan fingerprint density at radius 2 is 2.53 bits per heavy atom. The first-order valence-corrected chi connectivity index (χ1v) is 5.08. The summed E-state index contributed by atoms with van der Waals surface area (Å²) in [4.78, 5) is 19.6. The van der Waals surface area contributed by atoms with E-state index < -0.39 is 0 Å². The average Bonchev–Trinajstić information content (AvgIpc) is 2.74. The minimum absolute atomic E-state index is 0.00500. The van der Waals surface area contributed by atoms with Crippen LogP contribution in [-0.2, 0) is 4.79 Å². The molecule has 0 saturated carbocycles. The zero-order valence-corrected chi connectivity index (χ0v) is 8.66. The van der Waals surface area contributed by atoms with Crippen LogP contribution in [0.2, 0.25) is 0 Å². The molecule has 0 unspecified atom stereocenters. The predicted octanol–water partition coefficient (Wildman–Crippen LogP) is 0.476. The number of hydrogen-bond acceptors (Lipinski definition) is 4. The molecule has 0 spiro atoms. The summed E-state index contributed by atoms with van der Waals surface area (Å²) in [6.45, 7) is 2.77. The highest BCUT2D eigenvalue weighted by atomic mass is 16.2. The molecule has 80 valence electrons. The van der Waals surface area contributed by atoms with Gasteiger partial charge in [-0.2, -0.15) is 0 Å². The Bertz CT molecular complexity index is 360. The molecule has 1 aromatic rings. The van der Waals surface area contributed by atoms with Crippen molar-refractivity contribution in [1.29, 1.82) is 0 Å². The number of rotatable bonds is 2. The SMILES string of the molecule is Cc1ncncc1NC(=O)[C@@H]1CCCN1. The first kappa shape index (κ1) is 10.0. The molecule has 2 heterocycles. The summed E-state index contributed by atoms with van der Waals surface area (Å²) in [5.74, 6) is 0.00500. The Morgan fingerprint density at radius 3 is 3.20 bits per heavy atom. The van der Waals surface area contributed by atoms with Gasteiger partial charge in [0.1, 0.15) is 6.33 Å². The first-order chi connectivity index (χ1) is 7.27. The molecule has 2 N–H and O–H groups in total. The molecule has 2 rings (SSSR count). The van der Waals surface area contributed by atoms with Crippen molar-refractivity contribution in [3.8, 4) is 0 Å². The summed E-state index contributed by atoms with van der Waals surface area (Å²) < 4.78 is 0. The van der Waals surface area contributed by atoms with Crippen molar-refractivity contribution >= 4 is 11.6 Å². The van der Waals surface area contributed by atoms with Gasteiger partial charge in [-0.25, -0.2) is 9.97 Å². The minimum atomic E-state index is -0.0652. The molecule has 0 radical (unpaired) electrons. The van der Waals surface area contributed by atoms with E-state index in [0.717, 1.165) is 25.1 Å². The van der Waals surface area contributed by atoms with Gasteiger partial charge in [0.05, 0.1) is 23.6 Å². The van der Waals surface area contributed by atoms with Gasteiger partial charge in [0.2, 0.25) is 5.91 Å². The van der Waals surface area contributed by atoms with Gasteiger partial charge in [0.25, 0.3) is 0 Å². The lowest BCUT2D eigenvalue weighted by molar-refractivity contribution is -0.117. The molecular weight excluding hydrogens is 192 g/mol. The summed E-state index contributed by atoms with van der Waals surface area (Å²) in [6.07, 6.45) is 5.05. The van der Waals surface area contributed by atoms with E-state index >= 15 is 0 Å². The van der Waals surface area contributed by atoms with E-state index in [2.05, 4.69) is 20.6 Å². The number of carbonyl (C=O) groups is 1. The lowest BCUT2D eigenvalue weighted by Crippen LogP contribution is -2.35. The third kappa shape index (κ3) is 2.30. The Kier molecular flexibility index (Phi) is 2.91. The maximum atomic E-state index is 11.7. The van der Waals surface area contributed by atoms with E-state index in [1.165, 1.54) is 6.33 Å². The van der Waals surface area contributed by atoms with Crippen molar-refractivity contribution in [1.82, 2.24) is 15.3 Å². The van der Waals surface area contributed by atoms with E-state index in [0.29, 0.717) is 5.69 Å². The van der Waals surface area contributed by atoms with Crippen LogP contribution < -0.4 is 10.6 Å². The predicted molar refractivity (Wildman–Crippen MR) is 56.4 cm³/mol. The van der Waals surface area contributed by atoms with Crippen LogP contribution in [0.15, 0.2) is 12.5 Å². The number of amides is 1. The maximum absolute atomic E-state index is 11.7. The number of aromatic nitrogens is 2. The number of nitrogens with zero attached hydrogens (tertiary/aromatic N) is 2. The summed E-state index contributed by atoms with van der Waals surface area (Å²) >= 11 is 0. The Morgan fingerprint density at radius 1 is 1.67 bits per heavy atom. The van der Waals surface area contributed by atoms with Gasteiger partial charge in [0, 0.05) is 0 Å². The van der Waals surface area contributed by atoms with E-state index in [1.807, 2.05) is 6.92 Å².